The van der Waals surface area contributed by atoms with Crippen molar-refractivity contribution in [2.75, 3.05) is 5.75 Å². The van der Waals surface area contributed by atoms with Crippen LogP contribution in [-0.2, 0) is 11.3 Å². The first kappa shape index (κ1) is 18.5. The number of nitrogens with one attached hydrogen (secondary N) is 1. The summed E-state index contributed by atoms with van der Waals surface area (Å²) in [5.74, 6) is 1.53. The molecule has 1 aromatic carbocycles. The van der Waals surface area contributed by atoms with E-state index in [0.717, 1.165) is 11.3 Å². The van der Waals surface area contributed by atoms with Crippen molar-refractivity contribution in [2.24, 2.45) is 0 Å². The Morgan fingerprint density at radius 1 is 1.27 bits per heavy atom. The van der Waals surface area contributed by atoms with Crippen LogP contribution in [0.4, 0.5) is 0 Å². The summed E-state index contributed by atoms with van der Waals surface area (Å²) in [6.45, 7) is 4.29. The quantitative estimate of drug-likeness (QED) is 0.619. The van der Waals surface area contributed by atoms with Crippen molar-refractivity contribution in [2.45, 2.75) is 31.6 Å². The smallest absolute Gasteiger partial charge is 0.230 e. The Hall–Kier alpha value is -2.32. The van der Waals surface area contributed by atoms with E-state index in [4.69, 9.17) is 16.0 Å². The van der Waals surface area contributed by atoms with Gasteiger partial charge in [-0.1, -0.05) is 23.4 Å². The molecule has 0 spiro atoms. The van der Waals surface area contributed by atoms with Gasteiger partial charge in [-0.2, -0.15) is 0 Å². The van der Waals surface area contributed by atoms with E-state index < -0.39 is 0 Å². The molecule has 136 valence electrons. The van der Waals surface area contributed by atoms with Gasteiger partial charge in [-0.05, 0) is 60.7 Å². The number of nitrogens with zero attached hydrogens (tertiary/aromatic N) is 4. The fraction of sp³-hybridized carbons (Fsp3) is 0.294. The van der Waals surface area contributed by atoms with Gasteiger partial charge in [0.2, 0.25) is 11.1 Å². The number of hydrogen-bond donors (Lipinski definition) is 1. The molecule has 0 aliphatic heterocycles. The largest absolute Gasteiger partial charge is 0.459 e. The lowest BCUT2D eigenvalue weighted by Crippen LogP contribution is -2.24. The van der Waals surface area contributed by atoms with Crippen LogP contribution in [0.1, 0.15) is 25.6 Å². The maximum Gasteiger partial charge on any atom is 0.230 e. The highest BCUT2D eigenvalue weighted by molar-refractivity contribution is 7.99. The summed E-state index contributed by atoms with van der Waals surface area (Å²) in [6.07, 6.45) is 0. The molecule has 7 nitrogen and oxygen atoms in total. The van der Waals surface area contributed by atoms with Crippen LogP contribution in [0, 0.1) is 0 Å². The molecular formula is C17H18ClN5O2S. The third kappa shape index (κ3) is 4.64. The number of carbonyl (C=O) groups excluding carboxylic acids is 1. The van der Waals surface area contributed by atoms with Gasteiger partial charge in [-0.15, -0.1) is 5.10 Å². The number of carbonyl (C=O) groups is 1. The van der Waals surface area contributed by atoms with Crippen molar-refractivity contribution in [3.8, 4) is 11.3 Å². The molecule has 0 saturated heterocycles. The summed E-state index contributed by atoms with van der Waals surface area (Å²) >= 11 is 7.19. The molecule has 3 rings (SSSR count). The van der Waals surface area contributed by atoms with Crippen LogP contribution in [0.15, 0.2) is 46.0 Å². The minimum atomic E-state index is -0.113. The lowest BCUT2D eigenvalue weighted by atomic mass is 10.2. The Balaban J connectivity index is 1.50. The van der Waals surface area contributed by atoms with Crippen LogP contribution in [0.5, 0.6) is 0 Å². The van der Waals surface area contributed by atoms with Gasteiger partial charge in [-0.3, -0.25) is 4.79 Å². The van der Waals surface area contributed by atoms with Gasteiger partial charge < -0.3 is 9.73 Å². The van der Waals surface area contributed by atoms with Crippen molar-refractivity contribution in [1.82, 2.24) is 25.5 Å². The minimum absolute atomic E-state index is 0.113. The number of hydrogen-bond acceptors (Lipinski definition) is 6. The molecule has 2 aromatic heterocycles. The third-order valence-electron chi connectivity index (χ3n) is 3.53. The second kappa shape index (κ2) is 8.37. The first-order chi connectivity index (χ1) is 12.5. The SMILES string of the molecule is CC(C)n1nnnc1SCC(=O)NCc1ccc(-c2ccc(Cl)cc2)o1. The number of halogens is 1. The van der Waals surface area contributed by atoms with Gasteiger partial charge >= 0.3 is 0 Å². The summed E-state index contributed by atoms with van der Waals surface area (Å²) in [5.41, 5.74) is 0.933. The highest BCUT2D eigenvalue weighted by Gasteiger charge is 2.12. The molecular weight excluding hydrogens is 374 g/mol. The van der Waals surface area contributed by atoms with E-state index in [0.29, 0.717) is 22.5 Å². The zero-order valence-electron chi connectivity index (χ0n) is 14.3. The van der Waals surface area contributed by atoms with Gasteiger partial charge in [0.25, 0.3) is 0 Å². The Morgan fingerprint density at radius 2 is 2.04 bits per heavy atom. The Kier molecular flexibility index (Phi) is 5.95. The molecule has 26 heavy (non-hydrogen) atoms. The molecule has 0 saturated carbocycles. The molecule has 1 N–H and O–H groups in total. The van der Waals surface area contributed by atoms with Gasteiger partial charge in [-0.25, -0.2) is 4.68 Å². The van der Waals surface area contributed by atoms with Crippen molar-refractivity contribution < 1.29 is 9.21 Å². The Bertz CT molecular complexity index is 875. The van der Waals surface area contributed by atoms with E-state index in [1.165, 1.54) is 11.8 Å². The van der Waals surface area contributed by atoms with E-state index in [9.17, 15) is 4.79 Å². The first-order valence-corrected chi connectivity index (χ1v) is 9.41. The number of tetrazole rings is 1. The summed E-state index contributed by atoms with van der Waals surface area (Å²) in [6, 6.07) is 11.3. The van der Waals surface area contributed by atoms with Gasteiger partial charge in [0, 0.05) is 10.6 Å². The van der Waals surface area contributed by atoms with E-state index in [1.54, 1.807) is 4.68 Å². The second-order valence-electron chi connectivity index (χ2n) is 5.84. The van der Waals surface area contributed by atoms with Gasteiger partial charge in [0.1, 0.15) is 11.5 Å². The summed E-state index contributed by atoms with van der Waals surface area (Å²) < 4.78 is 7.44. The standard InChI is InChI=1S/C17H18ClN5O2S/c1-11(2)23-17(20-21-22-23)26-10-16(24)19-9-14-7-8-15(25-14)12-3-5-13(18)6-4-12/h3-8,11H,9-10H2,1-2H3,(H,19,24). The van der Waals surface area contributed by atoms with E-state index in [-0.39, 0.29) is 17.7 Å². The molecule has 0 aliphatic rings. The predicted molar refractivity (Wildman–Crippen MR) is 99.9 cm³/mol. The monoisotopic (exact) mass is 391 g/mol. The van der Waals surface area contributed by atoms with E-state index in [1.807, 2.05) is 50.2 Å². The number of rotatable bonds is 7. The number of benzene rings is 1. The van der Waals surface area contributed by atoms with Crippen molar-refractivity contribution in [3.63, 3.8) is 0 Å². The number of furan rings is 1. The average molecular weight is 392 g/mol. The fourth-order valence-electron chi connectivity index (χ4n) is 2.21. The molecule has 0 bridgehead atoms. The zero-order chi connectivity index (χ0) is 18.5. The Labute approximate surface area is 160 Å². The lowest BCUT2D eigenvalue weighted by Gasteiger charge is -2.07. The summed E-state index contributed by atoms with van der Waals surface area (Å²) in [4.78, 5) is 12.0. The molecule has 0 unspecified atom stereocenters. The third-order valence-corrected chi connectivity index (χ3v) is 4.72. The second-order valence-corrected chi connectivity index (χ2v) is 7.22. The normalized spacial score (nSPS) is 11.1. The number of aromatic nitrogens is 4. The van der Waals surface area contributed by atoms with Crippen LogP contribution >= 0.6 is 23.4 Å². The van der Waals surface area contributed by atoms with Gasteiger partial charge in [0.05, 0.1) is 18.3 Å². The number of thioether (sulfide) groups is 1. The summed E-state index contributed by atoms with van der Waals surface area (Å²) in [5, 5.41) is 15.6. The fourth-order valence-corrected chi connectivity index (χ4v) is 3.18. The molecule has 2 heterocycles. The molecule has 0 fully saturated rings. The van der Waals surface area contributed by atoms with Crippen molar-refractivity contribution in [3.05, 3.63) is 47.2 Å². The highest BCUT2D eigenvalue weighted by atomic mass is 35.5. The summed E-state index contributed by atoms with van der Waals surface area (Å²) in [7, 11) is 0. The molecule has 1 amide bonds. The molecule has 0 aliphatic carbocycles. The van der Waals surface area contributed by atoms with Crippen molar-refractivity contribution >= 4 is 29.3 Å². The number of amides is 1. The molecule has 0 atom stereocenters. The molecule has 0 radical (unpaired) electrons. The molecule has 3 aromatic rings. The van der Waals surface area contributed by atoms with Crippen molar-refractivity contribution in [1.29, 1.82) is 0 Å². The Morgan fingerprint density at radius 3 is 2.77 bits per heavy atom. The topological polar surface area (TPSA) is 85.8 Å². The lowest BCUT2D eigenvalue weighted by molar-refractivity contribution is -0.118. The maximum atomic E-state index is 12.0. The van der Waals surface area contributed by atoms with Crippen LogP contribution < -0.4 is 5.32 Å². The van der Waals surface area contributed by atoms with Gasteiger partial charge in [0.15, 0.2) is 0 Å². The highest BCUT2D eigenvalue weighted by Crippen LogP contribution is 2.24. The molecule has 9 heteroatoms. The van der Waals surface area contributed by atoms with Crippen LogP contribution in [0.2, 0.25) is 5.02 Å². The zero-order valence-corrected chi connectivity index (χ0v) is 15.9. The van der Waals surface area contributed by atoms with E-state index in [2.05, 4.69) is 20.8 Å². The maximum absolute atomic E-state index is 12.0. The minimum Gasteiger partial charge on any atom is -0.459 e. The predicted octanol–water partition coefficient (Wildman–Crippen LogP) is 3.58. The first-order valence-electron chi connectivity index (χ1n) is 8.05. The van der Waals surface area contributed by atoms with Crippen LogP contribution in [0.25, 0.3) is 11.3 Å². The van der Waals surface area contributed by atoms with Crippen LogP contribution in [-0.4, -0.2) is 31.9 Å². The van der Waals surface area contributed by atoms with E-state index >= 15 is 0 Å². The van der Waals surface area contributed by atoms with Crippen LogP contribution in [0.3, 0.4) is 0 Å². The average Bonchev–Trinajstić information content (AvgIpc) is 3.28.